The highest BCUT2D eigenvalue weighted by molar-refractivity contribution is 6.04. The van der Waals surface area contributed by atoms with Crippen LogP contribution in [0, 0.1) is 0 Å². The molecule has 11 rings (SSSR count). The molecule has 3 heteroatoms. The van der Waals surface area contributed by atoms with Crippen LogP contribution in [0.3, 0.4) is 0 Å². The maximum Gasteiger partial charge on any atom is 0.164 e. The van der Waals surface area contributed by atoms with Crippen LogP contribution < -0.4 is 0 Å². The number of benzene rings is 9. The molecule has 0 fully saturated rings. The van der Waals surface area contributed by atoms with E-state index in [1.54, 1.807) is 0 Å². The van der Waals surface area contributed by atoms with Crippen LogP contribution in [0.4, 0.5) is 0 Å². The molecule has 59 heavy (non-hydrogen) atoms. The van der Waals surface area contributed by atoms with Crippen LogP contribution in [0.2, 0.25) is 0 Å². The van der Waals surface area contributed by atoms with Crippen molar-refractivity contribution in [2.75, 3.05) is 0 Å². The summed E-state index contributed by atoms with van der Waals surface area (Å²) in [6, 6.07) is 80.1. The first kappa shape index (κ1) is 34.5. The molecule has 1 heterocycles. The lowest BCUT2D eigenvalue weighted by Gasteiger charge is -2.34. The van der Waals surface area contributed by atoms with Crippen molar-refractivity contribution in [3.8, 4) is 67.5 Å². The highest BCUT2D eigenvalue weighted by Gasteiger charge is 2.46. The fraction of sp³-hybridized carbons (Fsp3) is 0.0179. The molecule has 276 valence electrons. The molecule has 3 nitrogen and oxygen atoms in total. The van der Waals surface area contributed by atoms with Gasteiger partial charge in [0, 0.05) is 16.7 Å². The zero-order valence-corrected chi connectivity index (χ0v) is 32.2. The first-order valence-corrected chi connectivity index (χ1v) is 20.1. The van der Waals surface area contributed by atoms with E-state index in [0.717, 1.165) is 33.4 Å². The van der Waals surface area contributed by atoms with E-state index < -0.39 is 5.41 Å². The summed E-state index contributed by atoms with van der Waals surface area (Å²) < 4.78 is 0. The molecule has 0 N–H and O–H groups in total. The first-order valence-electron chi connectivity index (χ1n) is 20.1. The van der Waals surface area contributed by atoms with Crippen LogP contribution in [-0.4, -0.2) is 15.0 Å². The third kappa shape index (κ3) is 5.86. The van der Waals surface area contributed by atoms with Gasteiger partial charge in [-0.1, -0.05) is 224 Å². The first-order chi connectivity index (χ1) is 29.2. The fourth-order valence-electron chi connectivity index (χ4n) is 9.04. The Morgan fingerprint density at radius 2 is 0.678 bits per heavy atom. The van der Waals surface area contributed by atoms with Crippen molar-refractivity contribution in [3.63, 3.8) is 0 Å². The molecule has 0 aliphatic heterocycles. The number of hydrogen-bond acceptors (Lipinski definition) is 3. The average Bonchev–Trinajstić information content (AvgIpc) is 3.64. The Kier molecular flexibility index (Phi) is 8.37. The minimum absolute atomic E-state index is 0.464. The maximum absolute atomic E-state index is 5.03. The summed E-state index contributed by atoms with van der Waals surface area (Å²) in [6.07, 6.45) is 0. The van der Waals surface area contributed by atoms with Crippen molar-refractivity contribution in [2.45, 2.75) is 5.41 Å². The number of nitrogens with zero attached hydrogens (tertiary/aromatic N) is 3. The molecule has 10 aromatic rings. The Balaban J connectivity index is 0.971. The van der Waals surface area contributed by atoms with E-state index in [1.807, 2.05) is 36.4 Å². The standard InChI is InChI=1S/C56H37N3/c1-4-14-38(15-5-1)39-24-28-44(29-25-39)54-57-53(43-17-6-2-7-18-43)58-55(59-54)45-30-26-40(27-31-45)41-32-35-47(36-33-41)56(46-19-8-3-9-20-46)50-23-13-12-22-49(50)52-48-21-11-10-16-42(48)34-37-51(52)56/h1-37H. The Morgan fingerprint density at radius 3 is 1.27 bits per heavy atom. The Labute approximate surface area is 344 Å². The van der Waals surface area contributed by atoms with Crippen molar-refractivity contribution in [1.82, 2.24) is 15.0 Å². The maximum atomic E-state index is 5.03. The average molecular weight is 752 g/mol. The van der Waals surface area contributed by atoms with Crippen LogP contribution >= 0.6 is 0 Å². The molecular weight excluding hydrogens is 715 g/mol. The molecule has 0 amide bonds. The van der Waals surface area contributed by atoms with Gasteiger partial charge in [-0.25, -0.2) is 15.0 Å². The lowest BCUT2D eigenvalue weighted by atomic mass is 9.67. The SMILES string of the molecule is c1ccc(-c2ccc(-c3nc(-c4ccccc4)nc(-c4ccc(-c5ccc(C6(c7ccccc7)c7ccccc7-c7c6ccc6ccccc76)cc5)cc4)n3)cc2)cc1. The molecule has 1 aliphatic rings. The lowest BCUT2D eigenvalue weighted by Crippen LogP contribution is -2.28. The van der Waals surface area contributed by atoms with E-state index in [1.165, 1.54) is 49.7 Å². The van der Waals surface area contributed by atoms with Gasteiger partial charge in [0.05, 0.1) is 5.41 Å². The van der Waals surface area contributed by atoms with Gasteiger partial charge in [-0.05, 0) is 66.4 Å². The second-order valence-electron chi connectivity index (χ2n) is 15.1. The van der Waals surface area contributed by atoms with Crippen molar-refractivity contribution in [2.24, 2.45) is 0 Å². The van der Waals surface area contributed by atoms with E-state index >= 15 is 0 Å². The third-order valence-electron chi connectivity index (χ3n) is 11.9. The molecule has 1 atom stereocenters. The molecule has 1 aliphatic carbocycles. The van der Waals surface area contributed by atoms with Crippen molar-refractivity contribution >= 4 is 10.8 Å². The predicted molar refractivity (Wildman–Crippen MR) is 242 cm³/mol. The summed E-state index contributed by atoms with van der Waals surface area (Å²) in [5.41, 5.74) is 14.7. The van der Waals surface area contributed by atoms with Crippen molar-refractivity contribution in [3.05, 3.63) is 247 Å². The molecule has 0 saturated heterocycles. The zero-order chi connectivity index (χ0) is 39.2. The predicted octanol–water partition coefficient (Wildman–Crippen LogP) is 13.7. The second kappa shape index (κ2) is 14.3. The van der Waals surface area contributed by atoms with E-state index in [4.69, 9.17) is 15.0 Å². The van der Waals surface area contributed by atoms with Crippen LogP contribution in [0.15, 0.2) is 224 Å². The number of aromatic nitrogens is 3. The Bertz CT molecular complexity index is 3110. The summed E-state index contributed by atoms with van der Waals surface area (Å²) >= 11 is 0. The highest BCUT2D eigenvalue weighted by Crippen LogP contribution is 2.57. The van der Waals surface area contributed by atoms with Gasteiger partial charge in [0.1, 0.15) is 0 Å². The van der Waals surface area contributed by atoms with Gasteiger partial charge in [-0.15, -0.1) is 0 Å². The van der Waals surface area contributed by atoms with E-state index in [-0.39, 0.29) is 0 Å². The largest absolute Gasteiger partial charge is 0.208 e. The van der Waals surface area contributed by atoms with E-state index in [2.05, 4.69) is 188 Å². The second-order valence-corrected chi connectivity index (χ2v) is 15.1. The summed E-state index contributed by atoms with van der Waals surface area (Å²) in [7, 11) is 0. The van der Waals surface area contributed by atoms with Gasteiger partial charge in [-0.3, -0.25) is 0 Å². The number of fused-ring (bicyclic) bond motifs is 5. The lowest BCUT2D eigenvalue weighted by molar-refractivity contribution is 0.769. The van der Waals surface area contributed by atoms with Gasteiger partial charge in [0.15, 0.2) is 17.5 Å². The van der Waals surface area contributed by atoms with Crippen LogP contribution in [0.1, 0.15) is 22.3 Å². The van der Waals surface area contributed by atoms with Crippen molar-refractivity contribution in [1.29, 1.82) is 0 Å². The quantitative estimate of drug-likeness (QED) is 0.163. The molecular formula is C56H37N3. The fourth-order valence-corrected chi connectivity index (χ4v) is 9.04. The molecule has 1 unspecified atom stereocenters. The Morgan fingerprint density at radius 1 is 0.271 bits per heavy atom. The van der Waals surface area contributed by atoms with Gasteiger partial charge < -0.3 is 0 Å². The third-order valence-corrected chi connectivity index (χ3v) is 11.9. The highest BCUT2D eigenvalue weighted by atomic mass is 15.0. The van der Waals surface area contributed by atoms with E-state index in [0.29, 0.717) is 17.5 Å². The minimum atomic E-state index is -0.464. The summed E-state index contributed by atoms with van der Waals surface area (Å²) in [5.74, 6) is 1.93. The van der Waals surface area contributed by atoms with Crippen LogP contribution in [0.25, 0.3) is 78.3 Å². The Hall–Kier alpha value is -7.75. The van der Waals surface area contributed by atoms with Gasteiger partial charge in [0.25, 0.3) is 0 Å². The van der Waals surface area contributed by atoms with Crippen molar-refractivity contribution < 1.29 is 0 Å². The number of rotatable bonds is 7. The zero-order valence-electron chi connectivity index (χ0n) is 32.2. The molecule has 9 aromatic carbocycles. The summed E-state index contributed by atoms with van der Waals surface area (Å²) in [4.78, 5) is 15.0. The smallest absolute Gasteiger partial charge is 0.164 e. The molecule has 0 bridgehead atoms. The topological polar surface area (TPSA) is 38.7 Å². The minimum Gasteiger partial charge on any atom is -0.208 e. The molecule has 1 aromatic heterocycles. The molecule has 0 radical (unpaired) electrons. The number of hydrogen-bond donors (Lipinski definition) is 0. The molecule has 0 saturated carbocycles. The monoisotopic (exact) mass is 751 g/mol. The molecule has 0 spiro atoms. The van der Waals surface area contributed by atoms with Gasteiger partial charge in [-0.2, -0.15) is 0 Å². The van der Waals surface area contributed by atoms with E-state index in [9.17, 15) is 0 Å². The van der Waals surface area contributed by atoms with Gasteiger partial charge in [0.2, 0.25) is 0 Å². The normalized spacial score (nSPS) is 14.2. The summed E-state index contributed by atoms with van der Waals surface area (Å²) in [6.45, 7) is 0. The summed E-state index contributed by atoms with van der Waals surface area (Å²) in [5, 5.41) is 2.54. The van der Waals surface area contributed by atoms with Crippen LogP contribution in [-0.2, 0) is 5.41 Å². The van der Waals surface area contributed by atoms with Gasteiger partial charge >= 0.3 is 0 Å². The van der Waals surface area contributed by atoms with Crippen LogP contribution in [0.5, 0.6) is 0 Å².